The second-order valence-electron chi connectivity index (χ2n) is 6.87. The van der Waals surface area contributed by atoms with Gasteiger partial charge in [-0.3, -0.25) is 9.59 Å². The van der Waals surface area contributed by atoms with E-state index in [1.807, 2.05) is 60.7 Å². The minimum Gasteiger partial charge on any atom is -0.347 e. The van der Waals surface area contributed by atoms with E-state index < -0.39 is 0 Å². The van der Waals surface area contributed by atoms with Crippen molar-refractivity contribution in [2.24, 2.45) is 5.92 Å². The van der Waals surface area contributed by atoms with Crippen molar-refractivity contribution in [3.8, 4) is 0 Å². The van der Waals surface area contributed by atoms with Gasteiger partial charge < -0.3 is 10.6 Å². The first-order valence-corrected chi connectivity index (χ1v) is 9.41. The minimum absolute atomic E-state index is 0.0100. The quantitative estimate of drug-likeness (QED) is 0.836. The van der Waals surface area contributed by atoms with Crippen LogP contribution in [0.2, 0.25) is 0 Å². The zero-order valence-corrected chi connectivity index (χ0v) is 15.0. The van der Waals surface area contributed by atoms with Gasteiger partial charge in [0, 0.05) is 5.92 Å². The topological polar surface area (TPSA) is 58.2 Å². The van der Waals surface area contributed by atoms with E-state index in [-0.39, 0.29) is 30.3 Å². The standard InChI is InChI=1S/C22H26N2O2/c25-20(16-23-22(26)19-14-8-3-9-15-19)24-21(17-10-4-1-5-11-17)18-12-6-2-7-13-18/h1-2,4-7,10-13,19,21H,3,8-9,14-16H2,(H,23,26)(H,24,25). The van der Waals surface area contributed by atoms with Gasteiger partial charge in [0.15, 0.2) is 0 Å². The second kappa shape index (κ2) is 9.18. The number of carbonyl (C=O) groups is 2. The Morgan fingerprint density at radius 2 is 1.38 bits per heavy atom. The van der Waals surface area contributed by atoms with Crippen molar-refractivity contribution in [3.05, 3.63) is 71.8 Å². The first kappa shape index (κ1) is 18.2. The number of nitrogens with one attached hydrogen (secondary N) is 2. The Labute approximate surface area is 155 Å². The Hall–Kier alpha value is -2.62. The fourth-order valence-corrected chi connectivity index (χ4v) is 3.54. The lowest BCUT2D eigenvalue weighted by molar-refractivity contribution is -0.129. The van der Waals surface area contributed by atoms with Gasteiger partial charge >= 0.3 is 0 Å². The van der Waals surface area contributed by atoms with Crippen molar-refractivity contribution in [2.75, 3.05) is 6.54 Å². The van der Waals surface area contributed by atoms with Crippen LogP contribution in [0.25, 0.3) is 0 Å². The molecule has 4 nitrogen and oxygen atoms in total. The Balaban J connectivity index is 1.61. The van der Waals surface area contributed by atoms with Gasteiger partial charge in [-0.2, -0.15) is 0 Å². The monoisotopic (exact) mass is 350 g/mol. The predicted molar refractivity (Wildman–Crippen MR) is 102 cm³/mol. The van der Waals surface area contributed by atoms with Gasteiger partial charge in [0.25, 0.3) is 0 Å². The molecule has 26 heavy (non-hydrogen) atoms. The van der Waals surface area contributed by atoms with E-state index in [4.69, 9.17) is 0 Å². The molecule has 2 amide bonds. The summed E-state index contributed by atoms with van der Waals surface area (Å²) in [6.45, 7) is 0.0193. The molecule has 1 saturated carbocycles. The summed E-state index contributed by atoms with van der Waals surface area (Å²) in [5, 5.41) is 5.86. The van der Waals surface area contributed by atoms with Crippen LogP contribution in [0.15, 0.2) is 60.7 Å². The summed E-state index contributed by atoms with van der Waals surface area (Å²) in [7, 11) is 0. The summed E-state index contributed by atoms with van der Waals surface area (Å²) in [5.41, 5.74) is 2.04. The van der Waals surface area contributed by atoms with Gasteiger partial charge in [-0.25, -0.2) is 0 Å². The molecular formula is C22H26N2O2. The van der Waals surface area contributed by atoms with Crippen molar-refractivity contribution in [1.29, 1.82) is 0 Å². The van der Waals surface area contributed by atoms with Gasteiger partial charge in [-0.05, 0) is 24.0 Å². The smallest absolute Gasteiger partial charge is 0.240 e. The molecule has 0 saturated heterocycles. The first-order valence-electron chi connectivity index (χ1n) is 9.41. The lowest BCUT2D eigenvalue weighted by Crippen LogP contribution is -2.41. The van der Waals surface area contributed by atoms with Crippen LogP contribution in [0.3, 0.4) is 0 Å². The highest BCUT2D eigenvalue weighted by atomic mass is 16.2. The maximum atomic E-state index is 12.5. The van der Waals surface area contributed by atoms with Crippen LogP contribution < -0.4 is 10.6 Å². The van der Waals surface area contributed by atoms with Crippen LogP contribution in [-0.2, 0) is 9.59 Å². The first-order chi connectivity index (χ1) is 12.7. The maximum absolute atomic E-state index is 12.5. The number of rotatable bonds is 6. The molecule has 2 aromatic carbocycles. The van der Waals surface area contributed by atoms with Crippen LogP contribution in [0.5, 0.6) is 0 Å². The molecule has 2 aromatic rings. The summed E-state index contributed by atoms with van der Waals surface area (Å²) < 4.78 is 0. The molecule has 4 heteroatoms. The highest BCUT2D eigenvalue weighted by Crippen LogP contribution is 2.24. The van der Waals surface area contributed by atoms with Gasteiger partial charge in [-0.1, -0.05) is 79.9 Å². The van der Waals surface area contributed by atoms with Gasteiger partial charge in [-0.15, -0.1) is 0 Å². The summed E-state index contributed by atoms with van der Waals surface area (Å²) in [4.78, 5) is 24.7. The van der Waals surface area contributed by atoms with Crippen molar-refractivity contribution in [2.45, 2.75) is 38.1 Å². The van der Waals surface area contributed by atoms with Crippen molar-refractivity contribution in [1.82, 2.24) is 10.6 Å². The van der Waals surface area contributed by atoms with E-state index in [2.05, 4.69) is 10.6 Å². The number of amides is 2. The average molecular weight is 350 g/mol. The van der Waals surface area contributed by atoms with Gasteiger partial charge in [0.1, 0.15) is 0 Å². The Kier molecular flexibility index (Phi) is 6.42. The molecular weight excluding hydrogens is 324 g/mol. The van der Waals surface area contributed by atoms with E-state index in [1.54, 1.807) is 0 Å². The van der Waals surface area contributed by atoms with Crippen LogP contribution in [0.1, 0.15) is 49.3 Å². The molecule has 0 radical (unpaired) electrons. The Morgan fingerprint density at radius 1 is 0.846 bits per heavy atom. The zero-order valence-electron chi connectivity index (χ0n) is 15.0. The fraction of sp³-hybridized carbons (Fsp3) is 0.364. The lowest BCUT2D eigenvalue weighted by atomic mass is 9.89. The molecule has 0 unspecified atom stereocenters. The van der Waals surface area contributed by atoms with Crippen LogP contribution in [-0.4, -0.2) is 18.4 Å². The fourth-order valence-electron chi connectivity index (χ4n) is 3.54. The molecule has 2 N–H and O–H groups in total. The highest BCUT2D eigenvalue weighted by Gasteiger charge is 2.22. The number of hydrogen-bond acceptors (Lipinski definition) is 2. The van der Waals surface area contributed by atoms with Crippen LogP contribution in [0, 0.1) is 5.92 Å². The molecule has 0 spiro atoms. The summed E-state index contributed by atoms with van der Waals surface area (Å²) in [5.74, 6) is -0.0988. The lowest BCUT2D eigenvalue weighted by Gasteiger charge is -2.22. The molecule has 0 aromatic heterocycles. The molecule has 136 valence electrons. The van der Waals surface area contributed by atoms with Crippen LogP contribution in [0.4, 0.5) is 0 Å². The second-order valence-corrected chi connectivity index (χ2v) is 6.87. The van der Waals surface area contributed by atoms with E-state index in [0.717, 1.165) is 36.8 Å². The molecule has 3 rings (SSSR count). The molecule has 0 bridgehead atoms. The maximum Gasteiger partial charge on any atom is 0.240 e. The van der Waals surface area contributed by atoms with E-state index >= 15 is 0 Å². The summed E-state index contributed by atoms with van der Waals surface area (Å²) >= 11 is 0. The normalized spacial score (nSPS) is 14.8. The van der Waals surface area contributed by atoms with Gasteiger partial charge in [0.2, 0.25) is 11.8 Å². The predicted octanol–water partition coefficient (Wildman–Crippen LogP) is 3.59. The van der Waals surface area contributed by atoms with Gasteiger partial charge in [0.05, 0.1) is 12.6 Å². The Bertz CT molecular complexity index is 670. The minimum atomic E-state index is -0.225. The molecule has 0 heterocycles. The van der Waals surface area contributed by atoms with Crippen molar-refractivity contribution >= 4 is 11.8 Å². The SMILES string of the molecule is O=C(CNC(=O)C1CCCCC1)NC(c1ccccc1)c1ccccc1. The third-order valence-corrected chi connectivity index (χ3v) is 4.97. The third-order valence-electron chi connectivity index (χ3n) is 4.97. The third kappa shape index (κ3) is 4.94. The summed E-state index contributed by atoms with van der Waals surface area (Å²) in [6, 6.07) is 19.5. The average Bonchev–Trinajstić information content (AvgIpc) is 2.72. The van der Waals surface area contributed by atoms with Crippen molar-refractivity contribution in [3.63, 3.8) is 0 Å². The van der Waals surface area contributed by atoms with Crippen molar-refractivity contribution < 1.29 is 9.59 Å². The molecule has 0 atom stereocenters. The highest BCUT2D eigenvalue weighted by molar-refractivity contribution is 5.86. The van der Waals surface area contributed by atoms with Crippen LogP contribution >= 0.6 is 0 Å². The van der Waals surface area contributed by atoms with E-state index in [9.17, 15) is 9.59 Å². The van der Waals surface area contributed by atoms with E-state index in [1.165, 1.54) is 6.42 Å². The molecule has 0 aliphatic heterocycles. The Morgan fingerprint density at radius 3 is 1.92 bits per heavy atom. The number of carbonyl (C=O) groups excluding carboxylic acids is 2. The number of benzene rings is 2. The van der Waals surface area contributed by atoms with E-state index in [0.29, 0.717) is 0 Å². The molecule has 1 aliphatic rings. The zero-order chi connectivity index (χ0) is 18.2. The number of hydrogen-bond donors (Lipinski definition) is 2. The summed E-state index contributed by atoms with van der Waals surface area (Å²) in [6.07, 6.45) is 5.29. The molecule has 1 aliphatic carbocycles. The molecule has 1 fully saturated rings. The largest absolute Gasteiger partial charge is 0.347 e.